The molecule has 0 heterocycles. The topological polar surface area (TPSA) is 84.3 Å². The molecule has 0 radical (unpaired) electrons. The molecule has 0 saturated carbocycles. The van der Waals surface area contributed by atoms with E-state index in [2.05, 4.69) is 0 Å². The van der Waals surface area contributed by atoms with Gasteiger partial charge in [0.2, 0.25) is 0 Å². The summed E-state index contributed by atoms with van der Waals surface area (Å²) in [5, 5.41) is 0. The summed E-state index contributed by atoms with van der Waals surface area (Å²) in [5.74, 6) is 0. The monoisotopic (exact) mass is 339 g/mol. The number of nitrogens with one attached hydrogen (secondary N) is 1. The van der Waals surface area contributed by atoms with Gasteiger partial charge in [-0.05, 0) is 36.8 Å². The summed E-state index contributed by atoms with van der Waals surface area (Å²) in [5.41, 5.74) is 1.59. The molecule has 7 heteroatoms. The molecule has 0 aliphatic rings. The van der Waals surface area contributed by atoms with E-state index in [0.717, 1.165) is 5.56 Å². The van der Waals surface area contributed by atoms with Crippen LogP contribution in [0.5, 0.6) is 0 Å². The second-order valence-electron chi connectivity index (χ2n) is 5.02. The van der Waals surface area contributed by atoms with Crippen molar-refractivity contribution in [3.63, 3.8) is 0 Å². The van der Waals surface area contributed by atoms with Gasteiger partial charge in [0.1, 0.15) is 0 Å². The molecule has 0 aliphatic carbocycles. The van der Waals surface area contributed by atoms with Crippen molar-refractivity contribution in [1.29, 1.82) is 4.78 Å². The third kappa shape index (κ3) is 4.16. The molecule has 118 valence electrons. The summed E-state index contributed by atoms with van der Waals surface area (Å²) in [6.45, 7) is 1.76. The standard InChI is InChI=1S/C15H17NO4S2/c1-12-3-7-15(8-4-12)22(18,19)20-11-13-5-9-14(10-6-13)21(2,16)17/h3-10,16H,11H2,1-2H3. The summed E-state index contributed by atoms with van der Waals surface area (Å²) in [7, 11) is -6.58. The molecule has 0 bridgehead atoms. The average molecular weight is 339 g/mol. The molecule has 0 fully saturated rings. The van der Waals surface area contributed by atoms with E-state index in [1.165, 1.54) is 18.4 Å². The van der Waals surface area contributed by atoms with Crippen molar-refractivity contribution in [2.45, 2.75) is 23.3 Å². The van der Waals surface area contributed by atoms with Crippen molar-refractivity contribution in [3.05, 3.63) is 59.7 Å². The van der Waals surface area contributed by atoms with Crippen molar-refractivity contribution in [2.75, 3.05) is 6.26 Å². The van der Waals surface area contributed by atoms with Crippen molar-refractivity contribution in [1.82, 2.24) is 0 Å². The Balaban J connectivity index is 2.10. The van der Waals surface area contributed by atoms with Crippen LogP contribution < -0.4 is 0 Å². The Labute approximate surface area is 131 Å². The molecular formula is C15H17NO4S2. The smallest absolute Gasteiger partial charge is 0.262 e. The maximum absolute atomic E-state index is 12.0. The normalized spacial score (nSPS) is 14.5. The van der Waals surface area contributed by atoms with Crippen LogP contribution in [0.4, 0.5) is 0 Å². The van der Waals surface area contributed by atoms with Crippen LogP contribution in [0.2, 0.25) is 0 Å². The SMILES string of the molecule is Cc1ccc(S(=O)(=O)OCc2ccc(S(C)(=N)=O)cc2)cc1. The lowest BCUT2D eigenvalue weighted by molar-refractivity contribution is 0.308. The fourth-order valence-corrected chi connectivity index (χ4v) is 3.32. The van der Waals surface area contributed by atoms with Crippen molar-refractivity contribution < 1.29 is 16.8 Å². The lowest BCUT2D eigenvalue weighted by atomic mass is 10.2. The maximum Gasteiger partial charge on any atom is 0.297 e. The minimum atomic E-state index is -3.81. The molecule has 5 nitrogen and oxygen atoms in total. The van der Waals surface area contributed by atoms with Crippen LogP contribution in [0.15, 0.2) is 58.3 Å². The minimum absolute atomic E-state index is 0.109. The summed E-state index contributed by atoms with van der Waals surface area (Å²) < 4.78 is 48.2. The van der Waals surface area contributed by atoms with Crippen molar-refractivity contribution in [3.8, 4) is 0 Å². The summed E-state index contributed by atoms with van der Waals surface area (Å²) in [4.78, 5) is 0.509. The molecule has 0 saturated heterocycles. The van der Waals surface area contributed by atoms with E-state index in [1.807, 2.05) is 6.92 Å². The van der Waals surface area contributed by atoms with E-state index in [9.17, 15) is 12.6 Å². The van der Waals surface area contributed by atoms with Crippen LogP contribution in [0, 0.1) is 11.7 Å². The predicted molar refractivity (Wildman–Crippen MR) is 84.6 cm³/mol. The van der Waals surface area contributed by atoms with Gasteiger partial charge >= 0.3 is 0 Å². The molecule has 2 aromatic carbocycles. The van der Waals surface area contributed by atoms with E-state index in [-0.39, 0.29) is 11.5 Å². The molecule has 2 aromatic rings. The Hall–Kier alpha value is -1.70. The molecule has 0 amide bonds. The highest BCUT2D eigenvalue weighted by molar-refractivity contribution is 7.91. The first kappa shape index (κ1) is 16.7. The van der Waals surface area contributed by atoms with Gasteiger partial charge in [-0.3, -0.25) is 4.18 Å². The van der Waals surface area contributed by atoms with Crippen LogP contribution in [0.25, 0.3) is 0 Å². The molecule has 0 aliphatic heterocycles. The fourth-order valence-electron chi connectivity index (χ4n) is 1.76. The van der Waals surface area contributed by atoms with Gasteiger partial charge in [0.15, 0.2) is 0 Å². The van der Waals surface area contributed by atoms with Crippen LogP contribution in [-0.2, 0) is 30.6 Å². The molecule has 2 rings (SSSR count). The Morgan fingerprint density at radius 3 is 1.91 bits per heavy atom. The lowest BCUT2D eigenvalue weighted by Crippen LogP contribution is -2.06. The Morgan fingerprint density at radius 2 is 1.41 bits per heavy atom. The molecular weight excluding hydrogens is 322 g/mol. The van der Waals surface area contributed by atoms with E-state index in [0.29, 0.717) is 10.5 Å². The summed E-state index contributed by atoms with van der Waals surface area (Å²) in [6, 6.07) is 12.7. The Kier molecular flexibility index (Phi) is 4.69. The molecule has 1 N–H and O–H groups in total. The van der Waals surface area contributed by atoms with Gasteiger partial charge in [0.05, 0.1) is 21.2 Å². The molecule has 1 atom stereocenters. The highest BCUT2D eigenvalue weighted by Crippen LogP contribution is 2.16. The van der Waals surface area contributed by atoms with Crippen molar-refractivity contribution >= 4 is 19.8 Å². The molecule has 1 unspecified atom stereocenters. The summed E-state index contributed by atoms with van der Waals surface area (Å²) >= 11 is 0. The Morgan fingerprint density at radius 1 is 0.909 bits per heavy atom. The first-order chi connectivity index (χ1) is 10.2. The van der Waals surface area contributed by atoms with Crippen LogP contribution >= 0.6 is 0 Å². The zero-order chi connectivity index (χ0) is 16.4. The van der Waals surface area contributed by atoms with Gasteiger partial charge in [-0.1, -0.05) is 29.8 Å². The van der Waals surface area contributed by atoms with E-state index in [1.54, 1.807) is 36.4 Å². The zero-order valence-corrected chi connectivity index (χ0v) is 13.9. The molecule has 0 aromatic heterocycles. The molecule has 22 heavy (non-hydrogen) atoms. The Bertz CT molecular complexity index is 853. The number of rotatable bonds is 5. The van der Waals surface area contributed by atoms with Crippen LogP contribution in [-0.4, -0.2) is 18.9 Å². The number of hydrogen-bond acceptors (Lipinski definition) is 5. The van der Waals surface area contributed by atoms with Gasteiger partial charge < -0.3 is 0 Å². The van der Waals surface area contributed by atoms with Gasteiger partial charge in [-0.25, -0.2) is 8.99 Å². The minimum Gasteiger partial charge on any atom is -0.262 e. The van der Waals surface area contributed by atoms with Gasteiger partial charge in [0, 0.05) is 11.2 Å². The van der Waals surface area contributed by atoms with E-state index in [4.69, 9.17) is 8.96 Å². The van der Waals surface area contributed by atoms with Gasteiger partial charge in [0.25, 0.3) is 10.1 Å². The fraction of sp³-hybridized carbons (Fsp3) is 0.200. The largest absolute Gasteiger partial charge is 0.297 e. The zero-order valence-electron chi connectivity index (χ0n) is 12.3. The number of aryl methyl sites for hydroxylation is 1. The van der Waals surface area contributed by atoms with E-state index < -0.39 is 19.8 Å². The van der Waals surface area contributed by atoms with Crippen LogP contribution in [0.1, 0.15) is 11.1 Å². The third-order valence-electron chi connectivity index (χ3n) is 3.06. The second kappa shape index (κ2) is 6.20. The van der Waals surface area contributed by atoms with Crippen LogP contribution in [0.3, 0.4) is 0 Å². The first-order valence-electron chi connectivity index (χ1n) is 6.47. The van der Waals surface area contributed by atoms with Gasteiger partial charge in [-0.2, -0.15) is 8.42 Å². The maximum atomic E-state index is 12.0. The second-order valence-corrected chi connectivity index (χ2v) is 8.79. The molecule has 0 spiro atoms. The highest BCUT2D eigenvalue weighted by Gasteiger charge is 2.15. The highest BCUT2D eigenvalue weighted by atomic mass is 32.2. The predicted octanol–water partition coefficient (Wildman–Crippen LogP) is 2.94. The van der Waals surface area contributed by atoms with Gasteiger partial charge in [-0.15, -0.1) is 0 Å². The quantitative estimate of drug-likeness (QED) is 0.849. The van der Waals surface area contributed by atoms with Crippen molar-refractivity contribution in [2.24, 2.45) is 0 Å². The number of benzene rings is 2. The average Bonchev–Trinajstić information content (AvgIpc) is 2.45. The number of hydrogen-bond donors (Lipinski definition) is 1. The third-order valence-corrected chi connectivity index (χ3v) is 5.51. The lowest BCUT2D eigenvalue weighted by Gasteiger charge is -2.07. The summed E-state index contributed by atoms with van der Waals surface area (Å²) in [6.07, 6.45) is 1.33. The first-order valence-corrected chi connectivity index (χ1v) is 9.85. The van der Waals surface area contributed by atoms with E-state index >= 15 is 0 Å².